The van der Waals surface area contributed by atoms with E-state index < -0.39 is 18.0 Å². The molecule has 0 radical (unpaired) electrons. The lowest BCUT2D eigenvalue weighted by molar-refractivity contribution is 0.00249. The zero-order valence-electron chi connectivity index (χ0n) is 18.0. The van der Waals surface area contributed by atoms with Crippen molar-refractivity contribution < 1.29 is 19.0 Å². The molecule has 33 heavy (non-hydrogen) atoms. The van der Waals surface area contributed by atoms with Crippen LogP contribution in [0.3, 0.4) is 0 Å². The van der Waals surface area contributed by atoms with Gasteiger partial charge in [0, 0.05) is 31.8 Å². The van der Waals surface area contributed by atoms with Crippen LogP contribution >= 0.6 is 0 Å². The fourth-order valence-electron chi connectivity index (χ4n) is 4.87. The van der Waals surface area contributed by atoms with Crippen LogP contribution in [0.4, 0.5) is 4.39 Å². The van der Waals surface area contributed by atoms with Crippen LogP contribution in [-0.4, -0.2) is 56.9 Å². The summed E-state index contributed by atoms with van der Waals surface area (Å²) in [6.45, 7) is 1.42. The van der Waals surface area contributed by atoms with Gasteiger partial charge in [-0.1, -0.05) is 30.3 Å². The highest BCUT2D eigenvalue weighted by Gasteiger charge is 2.48. The number of carbonyl (C=O) groups is 1. The summed E-state index contributed by atoms with van der Waals surface area (Å²) in [4.78, 5) is 15.0. The number of nitrogens with zero attached hydrogens (tertiary/aromatic N) is 3. The van der Waals surface area contributed by atoms with Gasteiger partial charge in [0.2, 0.25) is 0 Å². The molecule has 0 unspecified atom stereocenters. The smallest absolute Gasteiger partial charge is 0.272 e. The maximum absolute atomic E-state index is 13.7. The van der Waals surface area contributed by atoms with E-state index in [0.29, 0.717) is 18.7 Å². The molecule has 1 fully saturated rings. The second-order valence-electron chi connectivity index (χ2n) is 8.51. The molecule has 1 aliphatic carbocycles. The fourth-order valence-corrected chi connectivity index (χ4v) is 4.87. The molecule has 2 N–H and O–H groups in total. The van der Waals surface area contributed by atoms with Crippen LogP contribution in [0, 0.1) is 5.82 Å². The Balaban J connectivity index is 1.39. The minimum absolute atomic E-state index is 0.212. The Labute approximate surface area is 191 Å². The van der Waals surface area contributed by atoms with E-state index in [1.54, 1.807) is 24.3 Å². The van der Waals surface area contributed by atoms with Gasteiger partial charge in [0.1, 0.15) is 23.8 Å². The summed E-state index contributed by atoms with van der Waals surface area (Å²) in [7, 11) is 0. The Kier molecular flexibility index (Phi) is 6.02. The number of aromatic nitrogens is 2. The SMILES string of the molecule is O=C(N[C@@H]1C[C@@H](Oc2cccc(F)c2)[C@H](O)[C@H]1N1CCc2ccccc2C1)c1cccnn1. The average molecular weight is 448 g/mol. The molecule has 8 heteroatoms. The number of hydrogen-bond donors (Lipinski definition) is 2. The number of fused-ring (bicyclic) bond motifs is 1. The van der Waals surface area contributed by atoms with Gasteiger partial charge in [0.15, 0.2) is 5.69 Å². The number of amides is 1. The number of aliphatic hydroxyl groups is 1. The molecule has 7 nitrogen and oxygen atoms in total. The third-order valence-corrected chi connectivity index (χ3v) is 6.42. The van der Waals surface area contributed by atoms with Crippen LogP contribution in [-0.2, 0) is 13.0 Å². The van der Waals surface area contributed by atoms with E-state index in [4.69, 9.17) is 4.74 Å². The minimum Gasteiger partial charge on any atom is -0.487 e. The molecule has 0 saturated heterocycles. The molecule has 170 valence electrons. The number of ether oxygens (including phenoxy) is 1. The van der Waals surface area contributed by atoms with Gasteiger partial charge in [0.25, 0.3) is 5.91 Å². The van der Waals surface area contributed by atoms with Gasteiger partial charge < -0.3 is 15.2 Å². The number of carbonyl (C=O) groups excluding carboxylic acids is 1. The minimum atomic E-state index is -0.870. The van der Waals surface area contributed by atoms with Crippen molar-refractivity contribution in [1.82, 2.24) is 20.4 Å². The van der Waals surface area contributed by atoms with Gasteiger partial charge in [-0.05, 0) is 41.8 Å². The normalized spacial score (nSPS) is 24.8. The van der Waals surface area contributed by atoms with Gasteiger partial charge in [-0.15, -0.1) is 5.10 Å². The molecule has 3 aromatic rings. The fraction of sp³-hybridized carbons (Fsp3) is 0.320. The molecule has 1 aromatic heterocycles. The molecule has 5 rings (SSSR count). The van der Waals surface area contributed by atoms with E-state index in [0.717, 1.165) is 13.0 Å². The van der Waals surface area contributed by atoms with Gasteiger partial charge in [-0.25, -0.2) is 4.39 Å². The van der Waals surface area contributed by atoms with Crippen LogP contribution in [0.25, 0.3) is 0 Å². The molecule has 2 aliphatic rings. The molecule has 1 saturated carbocycles. The molecule has 2 aromatic carbocycles. The van der Waals surface area contributed by atoms with E-state index in [1.807, 2.05) is 12.1 Å². The number of halogens is 1. The second kappa shape index (κ2) is 9.25. The molecule has 4 atom stereocenters. The quantitative estimate of drug-likeness (QED) is 0.623. The Morgan fingerprint density at radius 1 is 1.12 bits per heavy atom. The van der Waals surface area contributed by atoms with E-state index in [1.165, 1.54) is 29.5 Å². The Bertz CT molecular complexity index is 1130. The Morgan fingerprint density at radius 2 is 1.97 bits per heavy atom. The summed E-state index contributed by atoms with van der Waals surface area (Å²) >= 11 is 0. The topological polar surface area (TPSA) is 87.6 Å². The van der Waals surface area contributed by atoms with Crippen molar-refractivity contribution in [3.05, 3.63) is 89.5 Å². The summed E-state index contributed by atoms with van der Waals surface area (Å²) in [5.41, 5.74) is 2.72. The highest BCUT2D eigenvalue weighted by Crippen LogP contribution is 2.32. The van der Waals surface area contributed by atoms with Crippen LogP contribution in [0.5, 0.6) is 5.75 Å². The van der Waals surface area contributed by atoms with Crippen molar-refractivity contribution in [2.24, 2.45) is 0 Å². The van der Waals surface area contributed by atoms with Crippen LogP contribution in [0.1, 0.15) is 28.0 Å². The highest BCUT2D eigenvalue weighted by molar-refractivity contribution is 5.92. The lowest BCUT2D eigenvalue weighted by atomic mass is 9.97. The number of aliphatic hydroxyl groups excluding tert-OH is 1. The molecule has 0 spiro atoms. The van der Waals surface area contributed by atoms with Gasteiger partial charge in [-0.2, -0.15) is 5.10 Å². The van der Waals surface area contributed by atoms with Crippen LogP contribution in [0.2, 0.25) is 0 Å². The number of hydrogen-bond acceptors (Lipinski definition) is 6. The van der Waals surface area contributed by atoms with Crippen molar-refractivity contribution in [1.29, 1.82) is 0 Å². The first-order valence-corrected chi connectivity index (χ1v) is 11.1. The summed E-state index contributed by atoms with van der Waals surface area (Å²) in [5.74, 6) is -0.409. The van der Waals surface area contributed by atoms with E-state index >= 15 is 0 Å². The number of rotatable bonds is 5. The van der Waals surface area contributed by atoms with Crippen LogP contribution < -0.4 is 10.1 Å². The van der Waals surface area contributed by atoms with E-state index in [9.17, 15) is 14.3 Å². The predicted octanol–water partition coefficient (Wildman–Crippen LogP) is 2.35. The van der Waals surface area contributed by atoms with Gasteiger partial charge in [-0.3, -0.25) is 9.69 Å². The number of nitrogens with one attached hydrogen (secondary N) is 1. The molecular weight excluding hydrogens is 423 g/mol. The summed E-state index contributed by atoms with van der Waals surface area (Å²) in [5, 5.41) is 22.0. The summed E-state index contributed by atoms with van der Waals surface area (Å²) in [6, 6.07) is 16.6. The van der Waals surface area contributed by atoms with Gasteiger partial charge in [0.05, 0.1) is 12.1 Å². The zero-order chi connectivity index (χ0) is 22.8. The summed E-state index contributed by atoms with van der Waals surface area (Å²) < 4.78 is 19.6. The Hall–Kier alpha value is -3.36. The van der Waals surface area contributed by atoms with Crippen molar-refractivity contribution in [2.75, 3.05) is 6.54 Å². The van der Waals surface area contributed by atoms with Crippen molar-refractivity contribution >= 4 is 5.91 Å². The summed E-state index contributed by atoms with van der Waals surface area (Å²) in [6.07, 6.45) is 1.28. The third kappa shape index (κ3) is 4.58. The molecule has 1 aliphatic heterocycles. The van der Waals surface area contributed by atoms with Crippen molar-refractivity contribution in [3.63, 3.8) is 0 Å². The van der Waals surface area contributed by atoms with E-state index in [2.05, 4.69) is 32.5 Å². The standard InChI is InChI=1S/C25H25FN4O3/c26-18-7-3-8-19(13-18)33-22-14-21(28-25(32)20-9-4-11-27-29-20)23(24(22)31)30-12-10-16-5-1-2-6-17(16)15-30/h1-9,11,13,21-24,31H,10,12,14-15H2,(H,28,32)/t21-,22-,23+,24+/m1/s1. The second-order valence-corrected chi connectivity index (χ2v) is 8.51. The van der Waals surface area contributed by atoms with Crippen molar-refractivity contribution in [2.45, 2.75) is 43.7 Å². The zero-order valence-corrected chi connectivity index (χ0v) is 18.0. The average Bonchev–Trinajstić information content (AvgIpc) is 3.13. The maximum Gasteiger partial charge on any atom is 0.272 e. The molecular formula is C25H25FN4O3. The lowest BCUT2D eigenvalue weighted by Gasteiger charge is -2.38. The number of benzene rings is 2. The third-order valence-electron chi connectivity index (χ3n) is 6.42. The largest absolute Gasteiger partial charge is 0.487 e. The first kappa shape index (κ1) is 21.5. The lowest BCUT2D eigenvalue weighted by Crippen LogP contribution is -2.54. The first-order valence-electron chi connectivity index (χ1n) is 11.1. The molecule has 1 amide bonds. The van der Waals surface area contributed by atoms with Gasteiger partial charge >= 0.3 is 0 Å². The molecule has 2 heterocycles. The van der Waals surface area contributed by atoms with E-state index in [-0.39, 0.29) is 23.7 Å². The molecule has 0 bridgehead atoms. The van der Waals surface area contributed by atoms with Crippen molar-refractivity contribution in [3.8, 4) is 5.75 Å². The monoisotopic (exact) mass is 448 g/mol. The maximum atomic E-state index is 13.7. The predicted molar refractivity (Wildman–Crippen MR) is 119 cm³/mol. The highest BCUT2D eigenvalue weighted by atomic mass is 19.1. The Morgan fingerprint density at radius 3 is 2.76 bits per heavy atom. The van der Waals surface area contributed by atoms with Crippen LogP contribution in [0.15, 0.2) is 66.9 Å². The first-order chi connectivity index (χ1) is 16.1.